The fraction of sp³-hybridized carbons (Fsp3) is 0.692. The number of piperidine rings is 1. The van der Waals surface area contributed by atoms with E-state index in [2.05, 4.69) is 10.00 Å². The maximum atomic E-state index is 11.5. The van der Waals surface area contributed by atoms with Gasteiger partial charge in [0.05, 0.1) is 6.04 Å². The van der Waals surface area contributed by atoms with Gasteiger partial charge in [-0.2, -0.15) is 5.10 Å². The third-order valence-electron chi connectivity index (χ3n) is 3.70. The molecule has 1 aliphatic rings. The monoisotopic (exact) mass is 265 g/mol. The van der Waals surface area contributed by atoms with Crippen LogP contribution >= 0.6 is 0 Å². The summed E-state index contributed by atoms with van der Waals surface area (Å²) in [4.78, 5) is 15.5. The molecule has 0 aromatic carbocycles. The number of carbonyl (C=O) groups is 1. The number of hydrogen-bond acceptors (Lipinski definition) is 4. The average Bonchev–Trinajstić information content (AvgIpc) is 2.83. The molecule has 1 fully saturated rings. The first kappa shape index (κ1) is 13.9. The lowest BCUT2D eigenvalue weighted by atomic mass is 10.1. The molecule has 2 rings (SSSR count). The van der Waals surface area contributed by atoms with Crippen LogP contribution in [0.2, 0.25) is 0 Å². The summed E-state index contributed by atoms with van der Waals surface area (Å²) >= 11 is 0. The van der Waals surface area contributed by atoms with E-state index in [0.717, 1.165) is 32.5 Å². The second-order valence-electron chi connectivity index (χ2n) is 5.33. The number of hydrogen-bond donors (Lipinski definition) is 1. The first-order chi connectivity index (χ1) is 9.06. The highest BCUT2D eigenvalue weighted by atomic mass is 16.2. The van der Waals surface area contributed by atoms with Gasteiger partial charge < -0.3 is 15.5 Å². The van der Waals surface area contributed by atoms with Crippen LogP contribution in [-0.2, 0) is 4.79 Å². The predicted molar refractivity (Wildman–Crippen MR) is 74.7 cm³/mol. The molecule has 0 aliphatic carbocycles. The lowest BCUT2D eigenvalue weighted by molar-refractivity contribution is -0.129. The number of anilines is 1. The molecule has 106 valence electrons. The highest BCUT2D eigenvalue weighted by Gasteiger charge is 2.21. The van der Waals surface area contributed by atoms with Gasteiger partial charge in [0.25, 0.3) is 0 Å². The first-order valence-corrected chi connectivity index (χ1v) is 6.79. The molecule has 1 aromatic heterocycles. The van der Waals surface area contributed by atoms with Gasteiger partial charge in [-0.25, -0.2) is 0 Å². The van der Waals surface area contributed by atoms with Crippen molar-refractivity contribution >= 4 is 11.7 Å². The molecule has 19 heavy (non-hydrogen) atoms. The Morgan fingerprint density at radius 3 is 2.68 bits per heavy atom. The number of rotatable bonds is 4. The molecule has 2 N–H and O–H groups in total. The highest BCUT2D eigenvalue weighted by Crippen LogP contribution is 2.22. The summed E-state index contributed by atoms with van der Waals surface area (Å²) in [6, 6.07) is 2.28. The Kier molecular flexibility index (Phi) is 4.42. The smallest absolute Gasteiger partial charge is 0.223 e. The van der Waals surface area contributed by atoms with Crippen LogP contribution < -0.4 is 5.73 Å². The number of likely N-dealkylation sites (tertiary alicyclic amines) is 1. The molecule has 0 radical (unpaired) electrons. The molecule has 0 unspecified atom stereocenters. The van der Waals surface area contributed by atoms with Gasteiger partial charge in [0.2, 0.25) is 5.91 Å². The Labute approximate surface area is 114 Å². The van der Waals surface area contributed by atoms with E-state index in [1.54, 1.807) is 19.0 Å². The van der Waals surface area contributed by atoms with Crippen molar-refractivity contribution in [3.8, 4) is 0 Å². The van der Waals surface area contributed by atoms with Crippen molar-refractivity contribution in [2.75, 3.05) is 39.5 Å². The SMILES string of the molecule is CN(C)C(=O)CCN1CCC(n2ccc(N)n2)CC1. The van der Waals surface area contributed by atoms with E-state index in [9.17, 15) is 4.79 Å². The number of aromatic nitrogens is 2. The first-order valence-electron chi connectivity index (χ1n) is 6.79. The van der Waals surface area contributed by atoms with E-state index in [0.29, 0.717) is 18.3 Å². The fourth-order valence-corrected chi connectivity index (χ4v) is 2.44. The minimum absolute atomic E-state index is 0.196. The van der Waals surface area contributed by atoms with Crippen LogP contribution in [0, 0.1) is 0 Å². The fourth-order valence-electron chi connectivity index (χ4n) is 2.44. The third-order valence-corrected chi connectivity index (χ3v) is 3.70. The molecule has 0 saturated carbocycles. The van der Waals surface area contributed by atoms with Gasteiger partial charge in [-0.05, 0) is 18.9 Å². The van der Waals surface area contributed by atoms with Gasteiger partial charge in [0.1, 0.15) is 5.82 Å². The van der Waals surface area contributed by atoms with Gasteiger partial charge in [-0.1, -0.05) is 0 Å². The van der Waals surface area contributed by atoms with Gasteiger partial charge in [0, 0.05) is 46.3 Å². The molecule has 1 saturated heterocycles. The summed E-state index contributed by atoms with van der Waals surface area (Å²) < 4.78 is 1.97. The van der Waals surface area contributed by atoms with Gasteiger partial charge >= 0.3 is 0 Å². The normalized spacial score (nSPS) is 17.6. The van der Waals surface area contributed by atoms with Crippen molar-refractivity contribution in [2.24, 2.45) is 0 Å². The number of carbonyl (C=O) groups excluding carboxylic acids is 1. The summed E-state index contributed by atoms with van der Waals surface area (Å²) in [5.74, 6) is 0.779. The zero-order chi connectivity index (χ0) is 13.8. The molecule has 1 aromatic rings. The Balaban J connectivity index is 1.75. The molecular weight excluding hydrogens is 242 g/mol. The zero-order valence-corrected chi connectivity index (χ0v) is 11.7. The van der Waals surface area contributed by atoms with E-state index in [-0.39, 0.29) is 5.91 Å². The minimum atomic E-state index is 0.196. The van der Waals surface area contributed by atoms with Gasteiger partial charge in [0.15, 0.2) is 0 Å². The standard InChI is InChI=1S/C13H23N5O/c1-16(2)13(19)6-9-17-7-3-11(4-8-17)18-10-5-12(14)15-18/h5,10-11H,3-4,6-9H2,1-2H3,(H2,14,15). The quantitative estimate of drug-likeness (QED) is 0.865. The van der Waals surface area contributed by atoms with Gasteiger partial charge in [-0.15, -0.1) is 0 Å². The zero-order valence-electron chi connectivity index (χ0n) is 11.7. The van der Waals surface area contributed by atoms with E-state index in [4.69, 9.17) is 5.73 Å². The van der Waals surface area contributed by atoms with Crippen LogP contribution in [-0.4, -0.2) is 59.2 Å². The number of nitrogens with two attached hydrogens (primary N) is 1. The van der Waals surface area contributed by atoms with Crippen LogP contribution in [0.1, 0.15) is 25.3 Å². The van der Waals surface area contributed by atoms with Crippen molar-refractivity contribution in [3.63, 3.8) is 0 Å². The second kappa shape index (κ2) is 6.06. The van der Waals surface area contributed by atoms with Crippen molar-refractivity contribution < 1.29 is 4.79 Å². The highest BCUT2D eigenvalue weighted by molar-refractivity contribution is 5.75. The third kappa shape index (κ3) is 3.70. The van der Waals surface area contributed by atoms with E-state index in [1.165, 1.54) is 0 Å². The topological polar surface area (TPSA) is 67.4 Å². The van der Waals surface area contributed by atoms with Crippen LogP contribution in [0.25, 0.3) is 0 Å². The van der Waals surface area contributed by atoms with Crippen molar-refractivity contribution in [1.82, 2.24) is 19.6 Å². The van der Waals surface area contributed by atoms with Crippen LogP contribution in [0.5, 0.6) is 0 Å². The van der Waals surface area contributed by atoms with E-state index < -0.39 is 0 Å². The molecule has 1 amide bonds. The maximum absolute atomic E-state index is 11.5. The Morgan fingerprint density at radius 2 is 2.16 bits per heavy atom. The molecule has 1 aliphatic heterocycles. The van der Waals surface area contributed by atoms with Crippen molar-refractivity contribution in [3.05, 3.63) is 12.3 Å². The van der Waals surface area contributed by atoms with Crippen LogP contribution in [0.4, 0.5) is 5.82 Å². The number of nitrogens with zero attached hydrogens (tertiary/aromatic N) is 4. The Morgan fingerprint density at radius 1 is 1.47 bits per heavy atom. The van der Waals surface area contributed by atoms with E-state index in [1.807, 2.05) is 16.9 Å². The summed E-state index contributed by atoms with van der Waals surface area (Å²) in [5, 5.41) is 4.27. The average molecular weight is 265 g/mol. The molecular formula is C13H23N5O. The van der Waals surface area contributed by atoms with Crippen LogP contribution in [0.15, 0.2) is 12.3 Å². The van der Waals surface area contributed by atoms with E-state index >= 15 is 0 Å². The molecule has 6 nitrogen and oxygen atoms in total. The van der Waals surface area contributed by atoms with Gasteiger partial charge in [-0.3, -0.25) is 9.48 Å². The number of amides is 1. The van der Waals surface area contributed by atoms with Crippen LogP contribution in [0.3, 0.4) is 0 Å². The van der Waals surface area contributed by atoms with Crippen molar-refractivity contribution in [1.29, 1.82) is 0 Å². The van der Waals surface area contributed by atoms with Crippen molar-refractivity contribution in [2.45, 2.75) is 25.3 Å². The minimum Gasteiger partial charge on any atom is -0.382 e. The molecule has 0 bridgehead atoms. The molecule has 2 heterocycles. The predicted octanol–water partition coefficient (Wildman–Crippen LogP) is 0.581. The molecule has 0 spiro atoms. The lowest BCUT2D eigenvalue weighted by Crippen LogP contribution is -2.37. The summed E-state index contributed by atoms with van der Waals surface area (Å²) in [7, 11) is 3.60. The Bertz CT molecular complexity index is 420. The summed E-state index contributed by atoms with van der Waals surface area (Å²) in [6.45, 7) is 2.89. The largest absolute Gasteiger partial charge is 0.382 e. The maximum Gasteiger partial charge on any atom is 0.223 e. The summed E-state index contributed by atoms with van der Waals surface area (Å²) in [5.41, 5.74) is 5.64. The second-order valence-corrected chi connectivity index (χ2v) is 5.33. The lowest BCUT2D eigenvalue weighted by Gasteiger charge is -2.32. The molecule has 6 heteroatoms. The number of nitrogen functional groups attached to an aromatic ring is 1. The Hall–Kier alpha value is -1.56. The summed E-state index contributed by atoms with van der Waals surface area (Å²) in [6.07, 6.45) is 4.69. The molecule has 0 atom stereocenters.